The second-order valence-corrected chi connectivity index (χ2v) is 2.27. The molecule has 0 amide bonds. The topological polar surface area (TPSA) is 30.5 Å². The fourth-order valence-electron chi connectivity index (χ4n) is 0.551. The van der Waals surface area contributed by atoms with Crippen molar-refractivity contribution in [1.29, 1.82) is 0 Å². The second kappa shape index (κ2) is 7.57. The van der Waals surface area contributed by atoms with Gasteiger partial charge in [0.2, 0.25) is 0 Å². The van der Waals surface area contributed by atoms with E-state index < -0.39 is 0 Å². The minimum absolute atomic E-state index is 0.596. The van der Waals surface area contributed by atoms with Crippen LogP contribution in [0.4, 0.5) is 0 Å². The first-order valence-electron chi connectivity index (χ1n) is 3.78. The first-order chi connectivity index (χ1) is 5.27. The summed E-state index contributed by atoms with van der Waals surface area (Å²) in [5.41, 5.74) is 0. The van der Waals surface area contributed by atoms with Crippen LogP contribution in [-0.2, 0) is 9.47 Å². The van der Waals surface area contributed by atoms with Crippen LogP contribution in [0.3, 0.4) is 0 Å². The second-order valence-electron chi connectivity index (χ2n) is 2.27. The van der Waals surface area contributed by atoms with Crippen molar-refractivity contribution in [3.8, 4) is 0 Å². The molecule has 3 heteroatoms. The normalized spacial score (nSPS) is 9.64. The largest absolute Gasteiger partial charge is 0.496 e. The Morgan fingerprint density at radius 1 is 1.36 bits per heavy atom. The number of nitrogens with one attached hydrogen (secondary N) is 1. The zero-order valence-corrected chi connectivity index (χ0v) is 7.35. The van der Waals surface area contributed by atoms with Gasteiger partial charge in [-0.1, -0.05) is 6.58 Å². The molecule has 0 aromatic rings. The summed E-state index contributed by atoms with van der Waals surface area (Å²) in [5, 5.41) is 2.98. The van der Waals surface area contributed by atoms with E-state index in [-0.39, 0.29) is 0 Å². The monoisotopic (exact) mass is 159 g/mol. The van der Waals surface area contributed by atoms with Crippen LogP contribution in [0.1, 0.15) is 6.92 Å². The highest BCUT2D eigenvalue weighted by atomic mass is 16.5. The van der Waals surface area contributed by atoms with Gasteiger partial charge in [0.15, 0.2) is 0 Å². The van der Waals surface area contributed by atoms with Gasteiger partial charge in [-0.05, 0) is 14.0 Å². The summed E-state index contributed by atoms with van der Waals surface area (Å²) in [4.78, 5) is 0. The Morgan fingerprint density at radius 3 is 2.64 bits per heavy atom. The van der Waals surface area contributed by atoms with Crippen LogP contribution in [0.2, 0.25) is 0 Å². The Kier molecular flexibility index (Phi) is 7.19. The summed E-state index contributed by atoms with van der Waals surface area (Å²) in [5.74, 6) is 0.738. The van der Waals surface area contributed by atoms with Crippen molar-refractivity contribution in [1.82, 2.24) is 5.32 Å². The third-order valence-corrected chi connectivity index (χ3v) is 1.07. The summed E-state index contributed by atoms with van der Waals surface area (Å²) in [6.07, 6.45) is 0. The Balaban J connectivity index is 2.85. The standard InChI is InChI=1S/C8H17NO2/c1-8(2)11-7-6-10-5-4-9-3/h9H,1,4-7H2,2-3H3. The Hall–Kier alpha value is -0.540. The molecule has 0 aliphatic rings. The molecule has 3 nitrogen and oxygen atoms in total. The highest BCUT2D eigenvalue weighted by Crippen LogP contribution is 1.88. The lowest BCUT2D eigenvalue weighted by molar-refractivity contribution is 0.0786. The van der Waals surface area contributed by atoms with Crippen molar-refractivity contribution in [2.45, 2.75) is 6.92 Å². The lowest BCUT2D eigenvalue weighted by atomic mass is 10.6. The van der Waals surface area contributed by atoms with Crippen molar-refractivity contribution in [3.05, 3.63) is 12.3 Å². The van der Waals surface area contributed by atoms with Gasteiger partial charge in [0.1, 0.15) is 6.61 Å². The van der Waals surface area contributed by atoms with Crippen LogP contribution in [-0.4, -0.2) is 33.4 Å². The maximum Gasteiger partial charge on any atom is 0.111 e. The van der Waals surface area contributed by atoms with Crippen molar-refractivity contribution in [2.24, 2.45) is 0 Å². The molecule has 0 bridgehead atoms. The SMILES string of the molecule is C=C(C)OCCOCCNC. The van der Waals surface area contributed by atoms with E-state index in [0.717, 1.165) is 18.9 Å². The number of allylic oxidation sites excluding steroid dienone is 1. The lowest BCUT2D eigenvalue weighted by Gasteiger charge is -2.05. The van der Waals surface area contributed by atoms with Crippen molar-refractivity contribution in [3.63, 3.8) is 0 Å². The molecule has 0 aliphatic heterocycles. The van der Waals surface area contributed by atoms with Crippen molar-refractivity contribution in [2.75, 3.05) is 33.4 Å². The molecule has 0 aliphatic carbocycles. The Morgan fingerprint density at radius 2 is 2.09 bits per heavy atom. The zero-order chi connectivity index (χ0) is 8.53. The summed E-state index contributed by atoms with van der Waals surface area (Å²) >= 11 is 0. The summed E-state index contributed by atoms with van der Waals surface area (Å²) in [6.45, 7) is 8.27. The van der Waals surface area contributed by atoms with E-state index in [9.17, 15) is 0 Å². The third kappa shape index (κ3) is 9.46. The summed E-state index contributed by atoms with van der Waals surface area (Å²) in [7, 11) is 1.90. The van der Waals surface area contributed by atoms with E-state index in [1.807, 2.05) is 14.0 Å². The third-order valence-electron chi connectivity index (χ3n) is 1.07. The maximum atomic E-state index is 5.20. The molecule has 0 heterocycles. The van der Waals surface area contributed by atoms with Crippen molar-refractivity contribution >= 4 is 0 Å². The number of rotatable bonds is 7. The van der Waals surface area contributed by atoms with Gasteiger partial charge in [-0.2, -0.15) is 0 Å². The average Bonchev–Trinajstić information content (AvgIpc) is 1.96. The van der Waals surface area contributed by atoms with Crippen LogP contribution in [0.25, 0.3) is 0 Å². The van der Waals surface area contributed by atoms with Crippen LogP contribution in [0.5, 0.6) is 0 Å². The minimum atomic E-state index is 0.596. The van der Waals surface area contributed by atoms with E-state index >= 15 is 0 Å². The molecule has 11 heavy (non-hydrogen) atoms. The molecule has 1 N–H and O–H groups in total. The van der Waals surface area contributed by atoms with E-state index in [0.29, 0.717) is 13.2 Å². The van der Waals surface area contributed by atoms with Crippen molar-refractivity contribution < 1.29 is 9.47 Å². The van der Waals surface area contributed by atoms with E-state index in [1.54, 1.807) is 0 Å². The maximum absolute atomic E-state index is 5.20. The molecule has 0 unspecified atom stereocenters. The number of hydrogen-bond acceptors (Lipinski definition) is 3. The van der Waals surface area contributed by atoms with Gasteiger partial charge < -0.3 is 14.8 Å². The van der Waals surface area contributed by atoms with E-state index in [2.05, 4.69) is 11.9 Å². The summed E-state index contributed by atoms with van der Waals surface area (Å²) in [6, 6.07) is 0. The molecule has 0 rings (SSSR count). The molecular weight excluding hydrogens is 142 g/mol. The highest BCUT2D eigenvalue weighted by molar-refractivity contribution is 4.72. The van der Waals surface area contributed by atoms with E-state index in [1.165, 1.54) is 0 Å². The molecule has 0 radical (unpaired) electrons. The van der Waals surface area contributed by atoms with Gasteiger partial charge in [0.25, 0.3) is 0 Å². The molecule has 0 aromatic carbocycles. The quantitative estimate of drug-likeness (QED) is 0.439. The van der Waals surface area contributed by atoms with Crippen LogP contribution < -0.4 is 5.32 Å². The number of hydrogen-bond donors (Lipinski definition) is 1. The molecule has 0 saturated heterocycles. The molecule has 0 saturated carbocycles. The molecule has 0 aromatic heterocycles. The zero-order valence-electron chi connectivity index (χ0n) is 7.35. The lowest BCUT2D eigenvalue weighted by Crippen LogP contribution is -2.15. The predicted octanol–water partition coefficient (Wildman–Crippen LogP) is 0.773. The summed E-state index contributed by atoms with van der Waals surface area (Å²) < 4.78 is 10.3. The predicted molar refractivity (Wildman–Crippen MR) is 45.5 cm³/mol. The smallest absolute Gasteiger partial charge is 0.111 e. The molecule has 0 fully saturated rings. The Labute approximate surface area is 68.4 Å². The highest BCUT2D eigenvalue weighted by Gasteiger charge is 1.87. The number of likely N-dealkylation sites (N-methyl/N-ethyl adjacent to an activating group) is 1. The Bertz CT molecular complexity index is 104. The minimum Gasteiger partial charge on any atom is -0.496 e. The van der Waals surface area contributed by atoms with Gasteiger partial charge in [0, 0.05) is 6.54 Å². The number of ether oxygens (including phenoxy) is 2. The average molecular weight is 159 g/mol. The van der Waals surface area contributed by atoms with Gasteiger partial charge in [-0.3, -0.25) is 0 Å². The van der Waals surface area contributed by atoms with E-state index in [4.69, 9.17) is 9.47 Å². The van der Waals surface area contributed by atoms with Gasteiger partial charge in [0.05, 0.1) is 19.0 Å². The van der Waals surface area contributed by atoms with Crippen LogP contribution >= 0.6 is 0 Å². The van der Waals surface area contributed by atoms with Crippen LogP contribution in [0.15, 0.2) is 12.3 Å². The molecule has 66 valence electrons. The molecule has 0 atom stereocenters. The van der Waals surface area contributed by atoms with Crippen LogP contribution in [0, 0.1) is 0 Å². The fourth-order valence-corrected chi connectivity index (χ4v) is 0.551. The van der Waals surface area contributed by atoms with Gasteiger partial charge >= 0.3 is 0 Å². The molecular formula is C8H17NO2. The first-order valence-corrected chi connectivity index (χ1v) is 3.78. The fraction of sp³-hybridized carbons (Fsp3) is 0.750. The van der Waals surface area contributed by atoms with Gasteiger partial charge in [-0.25, -0.2) is 0 Å². The van der Waals surface area contributed by atoms with Gasteiger partial charge in [-0.15, -0.1) is 0 Å². The first kappa shape index (κ1) is 10.5. The molecule has 0 spiro atoms.